The summed E-state index contributed by atoms with van der Waals surface area (Å²) in [5.41, 5.74) is -1.67. The molecule has 2 rings (SSSR count). The van der Waals surface area contributed by atoms with Crippen molar-refractivity contribution in [3.05, 3.63) is 41.9 Å². The Labute approximate surface area is 159 Å². The Hall–Kier alpha value is -3.15. The lowest BCUT2D eigenvalue weighted by Gasteiger charge is -2.13. The molecule has 0 unspecified atom stereocenters. The minimum absolute atomic E-state index is 0.0727. The lowest BCUT2D eigenvalue weighted by Crippen LogP contribution is -2.21. The van der Waals surface area contributed by atoms with Gasteiger partial charge in [0, 0.05) is 6.92 Å². The van der Waals surface area contributed by atoms with E-state index in [4.69, 9.17) is 0 Å². The molecule has 0 radical (unpaired) electrons. The number of carbonyl (C=O) groups is 2. The summed E-state index contributed by atoms with van der Waals surface area (Å²) in [4.78, 5) is 31.0. The van der Waals surface area contributed by atoms with E-state index in [9.17, 15) is 26.8 Å². The standard InChI is InChI=1S/C16H17F2N5O4S/c1-3-6-28(26,27)23-11-5-4-10(17)13(14(11)18)16(25)22-12-7-19-8-20-15(12)21-9(2)24/h4-5,7-8,23H,3,6H2,1-2H3,(H,22,25)(H,19,20,21,24). The fraction of sp³-hybridized carbons (Fsp3) is 0.250. The SMILES string of the molecule is CCCS(=O)(=O)Nc1ccc(F)c(C(=O)Nc2cncnc2NC(C)=O)c1F. The third-order valence-electron chi connectivity index (χ3n) is 3.31. The predicted molar refractivity (Wildman–Crippen MR) is 98.3 cm³/mol. The zero-order valence-electron chi connectivity index (χ0n) is 14.9. The summed E-state index contributed by atoms with van der Waals surface area (Å²) in [6.45, 7) is 2.83. The third-order valence-corrected chi connectivity index (χ3v) is 4.79. The van der Waals surface area contributed by atoms with Crippen molar-refractivity contribution in [2.45, 2.75) is 20.3 Å². The summed E-state index contributed by atoms with van der Waals surface area (Å²) in [5.74, 6) is -4.63. The third kappa shape index (κ3) is 5.19. The summed E-state index contributed by atoms with van der Waals surface area (Å²) in [7, 11) is -3.85. The molecule has 12 heteroatoms. The van der Waals surface area contributed by atoms with E-state index in [1.165, 1.54) is 6.92 Å². The van der Waals surface area contributed by atoms with Crippen LogP contribution in [0.15, 0.2) is 24.7 Å². The number of aromatic nitrogens is 2. The van der Waals surface area contributed by atoms with Gasteiger partial charge >= 0.3 is 0 Å². The number of nitrogens with zero attached hydrogens (tertiary/aromatic N) is 2. The first-order valence-electron chi connectivity index (χ1n) is 8.02. The van der Waals surface area contributed by atoms with E-state index in [0.29, 0.717) is 0 Å². The van der Waals surface area contributed by atoms with Crippen LogP contribution in [-0.4, -0.2) is 36.0 Å². The van der Waals surface area contributed by atoms with Gasteiger partial charge in [-0.05, 0) is 18.6 Å². The molecule has 0 aliphatic rings. The Morgan fingerprint density at radius 2 is 1.86 bits per heavy atom. The van der Waals surface area contributed by atoms with Crippen LogP contribution in [0.5, 0.6) is 0 Å². The normalized spacial score (nSPS) is 11.0. The highest BCUT2D eigenvalue weighted by atomic mass is 32.2. The number of halogens is 2. The van der Waals surface area contributed by atoms with Crippen molar-refractivity contribution in [1.82, 2.24) is 9.97 Å². The minimum Gasteiger partial charge on any atom is -0.317 e. The maximum atomic E-state index is 14.6. The fourth-order valence-corrected chi connectivity index (χ4v) is 3.33. The van der Waals surface area contributed by atoms with Crippen LogP contribution in [0.1, 0.15) is 30.6 Å². The number of nitrogens with one attached hydrogen (secondary N) is 3. The average molecular weight is 413 g/mol. The van der Waals surface area contributed by atoms with E-state index in [2.05, 4.69) is 20.6 Å². The first kappa shape index (κ1) is 21.2. The van der Waals surface area contributed by atoms with Crippen molar-refractivity contribution < 1.29 is 26.8 Å². The molecule has 150 valence electrons. The van der Waals surface area contributed by atoms with Crippen LogP contribution in [-0.2, 0) is 14.8 Å². The number of carbonyl (C=O) groups excluding carboxylic acids is 2. The second kappa shape index (κ2) is 8.69. The van der Waals surface area contributed by atoms with Crippen LogP contribution in [0.25, 0.3) is 0 Å². The number of anilines is 3. The van der Waals surface area contributed by atoms with E-state index in [0.717, 1.165) is 24.7 Å². The first-order chi connectivity index (χ1) is 13.1. The van der Waals surface area contributed by atoms with E-state index in [-0.39, 0.29) is 23.7 Å². The second-order valence-corrected chi connectivity index (χ2v) is 7.47. The summed E-state index contributed by atoms with van der Waals surface area (Å²) in [5, 5.41) is 4.53. The summed E-state index contributed by atoms with van der Waals surface area (Å²) in [6, 6.07) is 1.64. The van der Waals surface area contributed by atoms with Gasteiger partial charge in [0.15, 0.2) is 11.6 Å². The molecule has 0 saturated carbocycles. The summed E-state index contributed by atoms with van der Waals surface area (Å²) >= 11 is 0. The predicted octanol–water partition coefficient (Wildman–Crippen LogP) is 2.12. The van der Waals surface area contributed by atoms with Crippen molar-refractivity contribution in [3.63, 3.8) is 0 Å². The van der Waals surface area contributed by atoms with E-state index in [1.807, 2.05) is 4.72 Å². The van der Waals surface area contributed by atoms with Crippen molar-refractivity contribution in [2.75, 3.05) is 21.1 Å². The molecule has 1 heterocycles. The van der Waals surface area contributed by atoms with Crippen LogP contribution in [0.3, 0.4) is 0 Å². The van der Waals surface area contributed by atoms with Gasteiger partial charge in [0.1, 0.15) is 23.4 Å². The van der Waals surface area contributed by atoms with Gasteiger partial charge in [0.25, 0.3) is 5.91 Å². The molecule has 0 aliphatic carbocycles. The van der Waals surface area contributed by atoms with Crippen LogP contribution < -0.4 is 15.4 Å². The van der Waals surface area contributed by atoms with Crippen LogP contribution in [0.4, 0.5) is 26.0 Å². The Morgan fingerprint density at radius 3 is 2.50 bits per heavy atom. The van der Waals surface area contributed by atoms with Crippen molar-refractivity contribution in [1.29, 1.82) is 0 Å². The van der Waals surface area contributed by atoms with Gasteiger partial charge in [-0.1, -0.05) is 6.92 Å². The number of rotatable bonds is 7. The lowest BCUT2D eigenvalue weighted by molar-refractivity contribution is -0.114. The largest absolute Gasteiger partial charge is 0.317 e. The summed E-state index contributed by atoms with van der Waals surface area (Å²) in [6.07, 6.45) is 2.51. The maximum Gasteiger partial charge on any atom is 0.261 e. The van der Waals surface area contributed by atoms with Gasteiger partial charge in [-0.25, -0.2) is 27.2 Å². The Bertz CT molecular complexity index is 1010. The van der Waals surface area contributed by atoms with Gasteiger partial charge in [-0.3, -0.25) is 14.3 Å². The van der Waals surface area contributed by atoms with Crippen LogP contribution in [0.2, 0.25) is 0 Å². The highest BCUT2D eigenvalue weighted by Gasteiger charge is 2.24. The van der Waals surface area contributed by atoms with E-state index in [1.54, 1.807) is 6.92 Å². The molecule has 2 aromatic rings. The van der Waals surface area contributed by atoms with E-state index >= 15 is 0 Å². The molecular weight excluding hydrogens is 396 g/mol. The molecular formula is C16H17F2N5O4S. The molecule has 28 heavy (non-hydrogen) atoms. The van der Waals surface area contributed by atoms with Crippen molar-refractivity contribution in [2.24, 2.45) is 0 Å². The highest BCUT2D eigenvalue weighted by molar-refractivity contribution is 7.92. The van der Waals surface area contributed by atoms with Crippen molar-refractivity contribution in [3.8, 4) is 0 Å². The smallest absolute Gasteiger partial charge is 0.261 e. The molecule has 1 aromatic heterocycles. The molecule has 1 aromatic carbocycles. The molecule has 0 aliphatic heterocycles. The van der Waals surface area contributed by atoms with Crippen LogP contribution in [0, 0.1) is 11.6 Å². The molecule has 0 saturated heterocycles. The van der Waals surface area contributed by atoms with Crippen LogP contribution >= 0.6 is 0 Å². The number of sulfonamides is 1. The Morgan fingerprint density at radius 1 is 1.14 bits per heavy atom. The topological polar surface area (TPSA) is 130 Å². The minimum atomic E-state index is -3.85. The molecule has 0 bridgehead atoms. The van der Waals surface area contributed by atoms with Gasteiger partial charge in [-0.15, -0.1) is 0 Å². The van der Waals surface area contributed by atoms with Gasteiger partial charge in [0.05, 0.1) is 17.6 Å². The quantitative estimate of drug-likeness (QED) is 0.637. The molecule has 3 N–H and O–H groups in total. The lowest BCUT2D eigenvalue weighted by atomic mass is 10.1. The Balaban J connectivity index is 2.36. The van der Waals surface area contributed by atoms with E-state index < -0.39 is 44.7 Å². The fourth-order valence-electron chi connectivity index (χ4n) is 2.20. The monoisotopic (exact) mass is 413 g/mol. The summed E-state index contributed by atoms with van der Waals surface area (Å²) < 4.78 is 54.4. The van der Waals surface area contributed by atoms with Gasteiger partial charge in [0.2, 0.25) is 15.9 Å². The van der Waals surface area contributed by atoms with Crippen molar-refractivity contribution >= 4 is 39.0 Å². The first-order valence-corrected chi connectivity index (χ1v) is 9.67. The number of hydrogen-bond donors (Lipinski definition) is 3. The molecule has 0 fully saturated rings. The number of hydrogen-bond acceptors (Lipinski definition) is 6. The molecule has 0 spiro atoms. The number of benzene rings is 1. The Kier molecular flexibility index (Phi) is 6.57. The second-order valence-electron chi connectivity index (χ2n) is 5.63. The van der Waals surface area contributed by atoms with Gasteiger partial charge < -0.3 is 10.6 Å². The zero-order valence-corrected chi connectivity index (χ0v) is 15.7. The molecule has 2 amide bonds. The molecule has 9 nitrogen and oxygen atoms in total. The number of amides is 2. The average Bonchev–Trinajstić information content (AvgIpc) is 2.59. The highest BCUT2D eigenvalue weighted by Crippen LogP contribution is 2.25. The molecule has 0 atom stereocenters. The maximum absolute atomic E-state index is 14.6. The zero-order chi connectivity index (χ0) is 20.9. The van der Waals surface area contributed by atoms with Gasteiger partial charge in [-0.2, -0.15) is 0 Å².